The van der Waals surface area contributed by atoms with Gasteiger partial charge in [-0.1, -0.05) is 11.6 Å². The van der Waals surface area contributed by atoms with Crippen LogP contribution in [0.5, 0.6) is 5.75 Å². The van der Waals surface area contributed by atoms with Crippen LogP contribution in [0.4, 0.5) is 5.69 Å². The van der Waals surface area contributed by atoms with Gasteiger partial charge in [-0.05, 0) is 37.9 Å². The fraction of sp³-hybridized carbons (Fsp3) is 0.100. The largest absolute Gasteiger partial charge is 0.495 e. The second-order valence-electron chi connectivity index (χ2n) is 3.31. The molecule has 0 aliphatic heterocycles. The van der Waals surface area contributed by atoms with Crippen LogP contribution in [-0.4, -0.2) is 17.0 Å². The molecular formula is C10H5Br2ClN2O3. The molecule has 0 amide bonds. The Morgan fingerprint density at radius 2 is 2.11 bits per heavy atom. The Kier molecular flexibility index (Phi) is 3.74. The molecule has 0 saturated heterocycles. The van der Waals surface area contributed by atoms with E-state index in [9.17, 15) is 10.1 Å². The standard InChI is InChI=1S/C10H5Br2ClN2O3/c1-18-10-5(12)2-4(11)9-7(10)8(13)6(3-14-9)15(16)17/h2-3H,1H3. The summed E-state index contributed by atoms with van der Waals surface area (Å²) in [6.07, 6.45) is 1.13. The molecule has 2 rings (SSSR count). The number of aromatic nitrogens is 1. The molecule has 0 atom stereocenters. The van der Waals surface area contributed by atoms with Crippen LogP contribution in [0, 0.1) is 10.1 Å². The molecule has 18 heavy (non-hydrogen) atoms. The van der Waals surface area contributed by atoms with Crippen molar-refractivity contribution in [3.05, 3.63) is 36.3 Å². The van der Waals surface area contributed by atoms with Gasteiger partial charge in [0, 0.05) is 4.47 Å². The van der Waals surface area contributed by atoms with E-state index in [1.807, 2.05) is 0 Å². The zero-order valence-corrected chi connectivity index (χ0v) is 12.8. The number of nitrogens with zero attached hydrogens (tertiary/aromatic N) is 2. The maximum atomic E-state index is 10.9. The molecule has 8 heteroatoms. The van der Waals surface area contributed by atoms with Crippen molar-refractivity contribution < 1.29 is 9.66 Å². The van der Waals surface area contributed by atoms with E-state index < -0.39 is 4.92 Å². The lowest BCUT2D eigenvalue weighted by Crippen LogP contribution is -1.95. The van der Waals surface area contributed by atoms with E-state index in [-0.39, 0.29) is 10.7 Å². The van der Waals surface area contributed by atoms with E-state index in [0.29, 0.717) is 25.6 Å². The van der Waals surface area contributed by atoms with Crippen LogP contribution in [0.25, 0.3) is 10.9 Å². The van der Waals surface area contributed by atoms with Gasteiger partial charge in [0.1, 0.15) is 17.0 Å². The van der Waals surface area contributed by atoms with Gasteiger partial charge < -0.3 is 4.74 Å². The van der Waals surface area contributed by atoms with E-state index in [0.717, 1.165) is 6.20 Å². The van der Waals surface area contributed by atoms with Crippen molar-refractivity contribution in [2.75, 3.05) is 7.11 Å². The van der Waals surface area contributed by atoms with Gasteiger partial charge in [0.15, 0.2) is 0 Å². The summed E-state index contributed by atoms with van der Waals surface area (Å²) in [4.78, 5) is 14.3. The Morgan fingerprint density at radius 1 is 1.44 bits per heavy atom. The van der Waals surface area contributed by atoms with Gasteiger partial charge in [0.05, 0.1) is 27.4 Å². The minimum atomic E-state index is -0.580. The summed E-state index contributed by atoms with van der Waals surface area (Å²) in [5, 5.41) is 11.3. The molecule has 1 aromatic carbocycles. The zero-order valence-electron chi connectivity index (χ0n) is 8.91. The minimum absolute atomic E-state index is 0.00356. The van der Waals surface area contributed by atoms with Crippen LogP contribution in [0.15, 0.2) is 21.2 Å². The van der Waals surface area contributed by atoms with Gasteiger partial charge in [-0.25, -0.2) is 4.98 Å². The van der Waals surface area contributed by atoms with E-state index in [4.69, 9.17) is 16.3 Å². The van der Waals surface area contributed by atoms with Gasteiger partial charge in [0.25, 0.3) is 0 Å². The van der Waals surface area contributed by atoms with Crippen LogP contribution in [0.3, 0.4) is 0 Å². The molecule has 1 aromatic heterocycles. The van der Waals surface area contributed by atoms with Gasteiger partial charge in [-0.15, -0.1) is 0 Å². The molecular weight excluding hydrogens is 391 g/mol. The fourth-order valence-electron chi connectivity index (χ4n) is 1.56. The van der Waals surface area contributed by atoms with Crippen molar-refractivity contribution >= 4 is 60.1 Å². The number of ether oxygens (including phenoxy) is 1. The number of methoxy groups -OCH3 is 1. The van der Waals surface area contributed by atoms with Gasteiger partial charge in [-0.3, -0.25) is 10.1 Å². The second kappa shape index (κ2) is 4.99. The van der Waals surface area contributed by atoms with Crippen LogP contribution >= 0.6 is 43.5 Å². The van der Waals surface area contributed by atoms with Crippen molar-refractivity contribution in [1.29, 1.82) is 0 Å². The highest BCUT2D eigenvalue weighted by Gasteiger charge is 2.22. The number of benzene rings is 1. The van der Waals surface area contributed by atoms with Gasteiger partial charge in [-0.2, -0.15) is 0 Å². The molecule has 2 aromatic rings. The highest BCUT2D eigenvalue weighted by atomic mass is 79.9. The van der Waals surface area contributed by atoms with Crippen LogP contribution in [-0.2, 0) is 0 Å². The van der Waals surface area contributed by atoms with E-state index >= 15 is 0 Å². The molecule has 0 spiro atoms. The smallest absolute Gasteiger partial charge is 0.306 e. The summed E-state index contributed by atoms with van der Waals surface area (Å²) < 4.78 is 6.52. The number of rotatable bonds is 2. The molecule has 0 unspecified atom stereocenters. The molecule has 0 saturated carbocycles. The lowest BCUT2D eigenvalue weighted by Gasteiger charge is -2.10. The van der Waals surface area contributed by atoms with Crippen LogP contribution in [0.1, 0.15) is 0 Å². The summed E-state index contributed by atoms with van der Waals surface area (Å²) in [5.41, 5.74) is 0.248. The summed E-state index contributed by atoms with van der Waals surface area (Å²) in [7, 11) is 1.46. The summed E-state index contributed by atoms with van der Waals surface area (Å²) in [5.74, 6) is 0.411. The molecule has 0 radical (unpaired) electrons. The SMILES string of the molecule is COc1c(Br)cc(Br)c2ncc([N+](=O)[O-])c(Cl)c12. The van der Waals surface area contributed by atoms with E-state index in [1.54, 1.807) is 6.07 Å². The molecule has 5 nitrogen and oxygen atoms in total. The monoisotopic (exact) mass is 394 g/mol. The van der Waals surface area contributed by atoms with Crippen molar-refractivity contribution in [2.24, 2.45) is 0 Å². The van der Waals surface area contributed by atoms with Gasteiger partial charge in [0.2, 0.25) is 0 Å². The lowest BCUT2D eigenvalue weighted by atomic mass is 10.2. The molecule has 0 N–H and O–H groups in total. The quantitative estimate of drug-likeness (QED) is 0.560. The maximum Gasteiger partial charge on any atom is 0.306 e. The Hall–Kier alpha value is -0.920. The highest BCUT2D eigenvalue weighted by Crippen LogP contribution is 2.43. The molecule has 0 bridgehead atoms. The number of pyridine rings is 1. The third-order valence-corrected chi connectivity index (χ3v) is 3.90. The average molecular weight is 396 g/mol. The van der Waals surface area contributed by atoms with Crippen molar-refractivity contribution in [2.45, 2.75) is 0 Å². The predicted octanol–water partition coefficient (Wildman–Crippen LogP) is 4.33. The summed E-state index contributed by atoms with van der Waals surface area (Å²) >= 11 is 12.7. The van der Waals surface area contributed by atoms with Crippen LogP contribution in [0.2, 0.25) is 5.02 Å². The Bertz CT molecular complexity index is 663. The first-order valence-electron chi connectivity index (χ1n) is 4.62. The Balaban J connectivity index is 2.98. The molecule has 1 heterocycles. The number of hydrogen-bond acceptors (Lipinski definition) is 4. The Labute approximate surface area is 124 Å². The molecule has 94 valence electrons. The molecule has 0 aliphatic rings. The van der Waals surface area contributed by atoms with Crippen molar-refractivity contribution in [3.63, 3.8) is 0 Å². The fourth-order valence-corrected chi connectivity index (χ4v) is 3.28. The topological polar surface area (TPSA) is 65.3 Å². The van der Waals surface area contributed by atoms with Crippen LogP contribution < -0.4 is 4.74 Å². The maximum absolute atomic E-state index is 10.9. The first-order valence-corrected chi connectivity index (χ1v) is 6.58. The second-order valence-corrected chi connectivity index (χ2v) is 5.40. The Morgan fingerprint density at radius 3 is 2.67 bits per heavy atom. The van der Waals surface area contributed by atoms with Crippen molar-refractivity contribution in [1.82, 2.24) is 4.98 Å². The minimum Gasteiger partial charge on any atom is -0.495 e. The first kappa shape index (κ1) is 13.5. The first-order chi connectivity index (χ1) is 8.47. The third kappa shape index (κ3) is 2.06. The van der Waals surface area contributed by atoms with E-state index in [2.05, 4.69) is 36.8 Å². The predicted molar refractivity (Wildman–Crippen MR) is 75.4 cm³/mol. The summed E-state index contributed by atoms with van der Waals surface area (Å²) in [6, 6.07) is 1.75. The van der Waals surface area contributed by atoms with E-state index in [1.165, 1.54) is 7.11 Å². The zero-order chi connectivity index (χ0) is 13.4. The summed E-state index contributed by atoms with van der Waals surface area (Å²) in [6.45, 7) is 0. The lowest BCUT2D eigenvalue weighted by molar-refractivity contribution is -0.384. The van der Waals surface area contributed by atoms with Gasteiger partial charge >= 0.3 is 5.69 Å². The normalized spacial score (nSPS) is 10.7. The van der Waals surface area contributed by atoms with Crippen molar-refractivity contribution in [3.8, 4) is 5.75 Å². The third-order valence-electron chi connectivity index (χ3n) is 2.32. The average Bonchev–Trinajstić information content (AvgIpc) is 2.30. The number of hydrogen-bond donors (Lipinski definition) is 0. The highest BCUT2D eigenvalue weighted by molar-refractivity contribution is 9.11. The molecule has 0 aliphatic carbocycles. The number of halogens is 3. The number of fused-ring (bicyclic) bond motifs is 1. The molecule has 0 fully saturated rings. The number of nitro groups is 1.